The van der Waals surface area contributed by atoms with Crippen molar-refractivity contribution in [3.05, 3.63) is 65.5 Å². The Morgan fingerprint density at radius 1 is 1.10 bits per heavy atom. The number of H-pyrrole nitrogens is 1. The molecule has 0 radical (unpaired) electrons. The van der Waals surface area contributed by atoms with E-state index in [1.165, 1.54) is 24.3 Å². The first-order valence-electron chi connectivity index (χ1n) is 12.5. The summed E-state index contributed by atoms with van der Waals surface area (Å²) in [4.78, 5) is 26.5. The molecule has 2 aromatic heterocycles. The van der Waals surface area contributed by atoms with E-state index >= 15 is 0 Å². The lowest BCUT2D eigenvalue weighted by molar-refractivity contribution is -0.274. The van der Waals surface area contributed by atoms with Crippen LogP contribution >= 0.6 is 0 Å². The van der Waals surface area contributed by atoms with Crippen molar-refractivity contribution in [1.82, 2.24) is 35.2 Å². The van der Waals surface area contributed by atoms with Gasteiger partial charge in [-0.1, -0.05) is 0 Å². The molecular weight excluding hydrogens is 513 g/mol. The van der Waals surface area contributed by atoms with Crippen LogP contribution in [0.4, 0.5) is 24.8 Å². The summed E-state index contributed by atoms with van der Waals surface area (Å²) in [5.74, 6) is 0.0738. The van der Waals surface area contributed by atoms with E-state index in [4.69, 9.17) is 0 Å². The molecule has 1 fully saturated rings. The van der Waals surface area contributed by atoms with E-state index in [0.717, 1.165) is 36.2 Å². The van der Waals surface area contributed by atoms with Crippen LogP contribution in [0.3, 0.4) is 0 Å². The number of likely N-dealkylation sites (tertiary alicyclic amines) is 1. The summed E-state index contributed by atoms with van der Waals surface area (Å²) in [5.41, 5.74) is 4.50. The van der Waals surface area contributed by atoms with Crippen LogP contribution in [-0.4, -0.2) is 66.1 Å². The lowest BCUT2D eigenvalue weighted by Crippen LogP contribution is -2.50. The summed E-state index contributed by atoms with van der Waals surface area (Å²) in [5, 5.41) is 13.7. The normalized spacial score (nSPS) is 19.7. The van der Waals surface area contributed by atoms with Crippen LogP contribution < -0.4 is 10.1 Å². The van der Waals surface area contributed by atoms with Crippen molar-refractivity contribution in [1.29, 1.82) is 0 Å². The smallest absolute Gasteiger partial charge is 0.406 e. The number of fused-ring (bicyclic) bond motifs is 2. The second-order valence-corrected chi connectivity index (χ2v) is 9.82. The molecule has 10 nitrogen and oxygen atoms in total. The topological polar surface area (TPSA) is 112 Å². The zero-order valence-electron chi connectivity index (χ0n) is 20.9. The highest BCUT2D eigenvalue weighted by Gasteiger charge is 2.35. The van der Waals surface area contributed by atoms with E-state index in [2.05, 4.69) is 47.3 Å². The molecule has 202 valence electrons. The predicted octanol–water partition coefficient (Wildman–Crippen LogP) is 4.40. The van der Waals surface area contributed by atoms with E-state index in [9.17, 15) is 18.0 Å². The highest BCUT2D eigenvalue weighted by atomic mass is 19.4. The van der Waals surface area contributed by atoms with Crippen molar-refractivity contribution in [2.75, 3.05) is 11.9 Å². The number of alkyl halides is 3. The van der Waals surface area contributed by atoms with Gasteiger partial charge in [0.05, 0.1) is 5.69 Å². The Morgan fingerprint density at radius 2 is 1.90 bits per heavy atom. The molecule has 2 N–H and O–H groups in total. The minimum absolute atomic E-state index is 0.00450. The number of nitrogens with zero attached hydrogens (tertiary/aromatic N) is 6. The van der Waals surface area contributed by atoms with Crippen molar-refractivity contribution in [2.24, 2.45) is 0 Å². The van der Waals surface area contributed by atoms with Gasteiger partial charge in [-0.25, -0.2) is 9.97 Å². The molecule has 2 atom stereocenters. The van der Waals surface area contributed by atoms with Crippen LogP contribution in [-0.2, 0) is 13.1 Å². The summed E-state index contributed by atoms with van der Waals surface area (Å²) in [7, 11) is 0. The molecule has 6 rings (SSSR count). The molecule has 0 bridgehead atoms. The zero-order valence-corrected chi connectivity index (χ0v) is 20.9. The van der Waals surface area contributed by atoms with Gasteiger partial charge in [0.25, 0.3) is 5.91 Å². The number of piperidine rings is 1. The third-order valence-corrected chi connectivity index (χ3v) is 7.21. The van der Waals surface area contributed by atoms with Crippen molar-refractivity contribution >= 4 is 28.6 Å². The van der Waals surface area contributed by atoms with E-state index in [1.54, 1.807) is 24.4 Å². The number of amides is 1. The van der Waals surface area contributed by atoms with Crippen LogP contribution in [0, 0.1) is 0 Å². The molecule has 0 aliphatic carbocycles. The molecule has 2 aliphatic heterocycles. The molecule has 4 aromatic rings. The van der Waals surface area contributed by atoms with Gasteiger partial charge in [-0.2, -0.15) is 15.4 Å². The van der Waals surface area contributed by atoms with Crippen LogP contribution in [0.15, 0.2) is 48.7 Å². The highest BCUT2D eigenvalue weighted by Crippen LogP contribution is 2.31. The van der Waals surface area contributed by atoms with Gasteiger partial charge < -0.3 is 15.0 Å². The van der Waals surface area contributed by atoms with E-state index in [1.807, 2.05) is 4.90 Å². The molecule has 0 unspecified atom stereocenters. The molecule has 39 heavy (non-hydrogen) atoms. The number of carbonyl (C=O) groups excluding carboxylic acids is 1. The number of hydrogen-bond acceptors (Lipinski definition) is 8. The van der Waals surface area contributed by atoms with Crippen LogP contribution in [0.1, 0.15) is 41.4 Å². The number of aromatic amines is 1. The molecule has 2 aromatic carbocycles. The minimum Gasteiger partial charge on any atom is -0.406 e. The highest BCUT2D eigenvalue weighted by molar-refractivity contribution is 5.97. The molecule has 13 heteroatoms. The monoisotopic (exact) mass is 538 g/mol. The number of rotatable bonds is 5. The average Bonchev–Trinajstić information content (AvgIpc) is 3.55. The van der Waals surface area contributed by atoms with E-state index in [-0.39, 0.29) is 17.7 Å². The number of carbonyl (C=O) groups is 1. The number of aromatic nitrogens is 5. The predicted molar refractivity (Wildman–Crippen MR) is 135 cm³/mol. The summed E-state index contributed by atoms with van der Waals surface area (Å²) < 4.78 is 41.0. The molecule has 2 aliphatic rings. The fraction of sp³-hybridized carbons (Fsp3) is 0.346. The summed E-state index contributed by atoms with van der Waals surface area (Å²) in [6.07, 6.45) is -1.26. The fourth-order valence-electron chi connectivity index (χ4n) is 5.29. The van der Waals surface area contributed by atoms with Crippen LogP contribution in [0.5, 0.6) is 5.75 Å². The molecule has 1 amide bonds. The SMILES string of the molecule is C[C@H]1C[C@@H](N2Cc3cnc(Nc4ccc(OC(F)(F)F)cc4)nc3C2)CCN1C(=O)c1ccc2n[nH]nc2c1. The Balaban J connectivity index is 1.06. The van der Waals surface area contributed by atoms with Crippen molar-refractivity contribution in [3.63, 3.8) is 0 Å². The van der Waals surface area contributed by atoms with Crippen molar-refractivity contribution in [2.45, 2.75) is 51.3 Å². The van der Waals surface area contributed by atoms with E-state index in [0.29, 0.717) is 41.8 Å². The van der Waals surface area contributed by atoms with Gasteiger partial charge in [-0.15, -0.1) is 13.2 Å². The van der Waals surface area contributed by atoms with Gasteiger partial charge in [0.15, 0.2) is 0 Å². The van der Waals surface area contributed by atoms with Gasteiger partial charge in [-0.05, 0) is 62.2 Å². The Bertz CT molecular complexity index is 1510. The molecule has 4 heterocycles. The number of halogens is 3. The third kappa shape index (κ3) is 5.35. The first-order chi connectivity index (χ1) is 18.7. The zero-order chi connectivity index (χ0) is 27.1. The lowest BCUT2D eigenvalue weighted by atomic mass is 9.96. The fourth-order valence-corrected chi connectivity index (χ4v) is 5.29. The standard InChI is InChI=1S/C26H25F3N8O2/c1-15-10-19(8-9-37(15)24(38)16-2-7-21-22(11-16)34-35-33-21)36-13-17-12-30-25(32-23(17)14-36)31-18-3-5-20(6-4-18)39-26(27,28)29/h2-7,11-12,15,19H,8-10,13-14H2,1H3,(H,30,31,32)(H,33,34,35)/t15-,19-/m0/s1. The van der Waals surface area contributed by atoms with Crippen molar-refractivity contribution in [3.8, 4) is 5.75 Å². The maximum Gasteiger partial charge on any atom is 0.573 e. The van der Waals surface area contributed by atoms with Gasteiger partial charge in [0.2, 0.25) is 5.95 Å². The first-order valence-corrected chi connectivity index (χ1v) is 12.5. The summed E-state index contributed by atoms with van der Waals surface area (Å²) in [6, 6.07) is 11.1. The molecule has 1 saturated heterocycles. The largest absolute Gasteiger partial charge is 0.573 e. The maximum absolute atomic E-state index is 13.2. The number of benzene rings is 2. The summed E-state index contributed by atoms with van der Waals surface area (Å²) in [6.45, 7) is 4.13. The minimum atomic E-state index is -4.74. The van der Waals surface area contributed by atoms with Gasteiger partial charge in [0, 0.05) is 54.7 Å². The molecule has 0 spiro atoms. The number of hydrogen-bond donors (Lipinski definition) is 2. The Hall–Kier alpha value is -4.26. The van der Waals surface area contributed by atoms with Gasteiger partial charge in [-0.3, -0.25) is 9.69 Å². The second-order valence-electron chi connectivity index (χ2n) is 9.82. The quantitative estimate of drug-likeness (QED) is 0.385. The third-order valence-electron chi connectivity index (χ3n) is 7.21. The second kappa shape index (κ2) is 9.80. The number of ether oxygens (including phenoxy) is 1. The Labute approximate surface area is 221 Å². The van der Waals surface area contributed by atoms with Gasteiger partial charge in [0.1, 0.15) is 16.8 Å². The summed E-state index contributed by atoms with van der Waals surface area (Å²) >= 11 is 0. The molecular formula is C26H25F3N8O2. The Kier molecular flexibility index (Phi) is 6.29. The first kappa shape index (κ1) is 25.0. The average molecular weight is 539 g/mol. The molecule has 0 saturated carbocycles. The number of nitrogens with one attached hydrogen (secondary N) is 2. The lowest BCUT2D eigenvalue weighted by Gasteiger charge is -2.41. The van der Waals surface area contributed by atoms with E-state index < -0.39 is 6.36 Å². The Morgan fingerprint density at radius 3 is 2.67 bits per heavy atom. The van der Waals surface area contributed by atoms with Crippen LogP contribution in [0.2, 0.25) is 0 Å². The van der Waals surface area contributed by atoms with Gasteiger partial charge >= 0.3 is 6.36 Å². The van der Waals surface area contributed by atoms with Crippen LogP contribution in [0.25, 0.3) is 11.0 Å². The number of anilines is 2. The maximum atomic E-state index is 13.2. The van der Waals surface area contributed by atoms with Crippen molar-refractivity contribution < 1.29 is 22.7 Å².